The number of hydrogen-bond donors (Lipinski definition) is 1. The number of carbonyl (C=O) groups excluding carboxylic acids is 1. The minimum atomic E-state index is -0.889. The molecule has 4 nitrogen and oxygen atoms in total. The van der Waals surface area contributed by atoms with Gasteiger partial charge in [-0.05, 0) is 37.1 Å². The van der Waals surface area contributed by atoms with Gasteiger partial charge < -0.3 is 10.0 Å². The second-order valence-corrected chi connectivity index (χ2v) is 7.03. The Labute approximate surface area is 145 Å². The Balaban J connectivity index is 1.75. The van der Waals surface area contributed by atoms with Gasteiger partial charge in [-0.2, -0.15) is 0 Å². The third kappa shape index (κ3) is 3.17. The lowest BCUT2D eigenvalue weighted by Gasteiger charge is -2.17. The van der Waals surface area contributed by atoms with Crippen LogP contribution >= 0.6 is 11.8 Å². The molecule has 1 heterocycles. The average Bonchev–Trinajstić information content (AvgIpc) is 2.94. The number of carboxylic acid groups (broad SMARTS) is 1. The molecule has 0 saturated carbocycles. The third-order valence-corrected chi connectivity index (χ3v) is 5.41. The van der Waals surface area contributed by atoms with E-state index in [1.165, 1.54) is 17.3 Å². The molecule has 3 rings (SSSR count). The summed E-state index contributed by atoms with van der Waals surface area (Å²) in [7, 11) is 0. The Morgan fingerprint density at radius 3 is 2.67 bits per heavy atom. The number of aryl methyl sites for hydroxylation is 2. The number of carbonyl (C=O) groups is 2. The van der Waals surface area contributed by atoms with Gasteiger partial charge in [0, 0.05) is 17.1 Å². The molecule has 0 spiro atoms. The van der Waals surface area contributed by atoms with Crippen molar-refractivity contribution in [1.82, 2.24) is 0 Å². The summed E-state index contributed by atoms with van der Waals surface area (Å²) in [5.41, 5.74) is 3.78. The number of carboxylic acids is 1. The number of benzene rings is 2. The number of thioether (sulfide) groups is 1. The number of fused-ring (bicyclic) bond motifs is 1. The molecule has 0 aromatic heterocycles. The summed E-state index contributed by atoms with van der Waals surface area (Å²) in [6.07, 6.45) is 0. The summed E-state index contributed by atoms with van der Waals surface area (Å²) < 4.78 is 0. The highest BCUT2D eigenvalue weighted by Crippen LogP contribution is 2.37. The zero-order valence-electron chi connectivity index (χ0n) is 13.7. The van der Waals surface area contributed by atoms with Crippen LogP contribution in [0.3, 0.4) is 0 Å². The van der Waals surface area contributed by atoms with Crippen molar-refractivity contribution in [2.45, 2.75) is 24.7 Å². The molecule has 1 atom stereocenters. The largest absolute Gasteiger partial charge is 0.481 e. The summed E-state index contributed by atoms with van der Waals surface area (Å²) in [5.74, 6) is -1.29. The maximum atomic E-state index is 12.6. The van der Waals surface area contributed by atoms with Gasteiger partial charge in [0.05, 0.1) is 5.75 Å². The minimum Gasteiger partial charge on any atom is -0.481 e. The quantitative estimate of drug-likeness (QED) is 0.863. The van der Waals surface area contributed by atoms with Crippen molar-refractivity contribution in [3.8, 4) is 0 Å². The Hall–Kier alpha value is -2.27. The molecule has 1 unspecified atom stereocenters. The first-order chi connectivity index (χ1) is 11.5. The molecule has 1 aliphatic heterocycles. The van der Waals surface area contributed by atoms with E-state index in [1.807, 2.05) is 44.2 Å². The zero-order valence-corrected chi connectivity index (χ0v) is 14.5. The fourth-order valence-corrected chi connectivity index (χ4v) is 3.92. The van der Waals surface area contributed by atoms with Gasteiger partial charge in [0.2, 0.25) is 5.91 Å². The van der Waals surface area contributed by atoms with Crippen LogP contribution in [0.15, 0.2) is 47.4 Å². The molecular formula is C19H19NO3S. The monoisotopic (exact) mass is 341 g/mol. The topological polar surface area (TPSA) is 57.6 Å². The van der Waals surface area contributed by atoms with E-state index in [0.717, 1.165) is 21.7 Å². The number of nitrogens with zero attached hydrogens (tertiary/aromatic N) is 1. The van der Waals surface area contributed by atoms with Gasteiger partial charge >= 0.3 is 5.97 Å². The predicted molar refractivity (Wildman–Crippen MR) is 95.8 cm³/mol. The van der Waals surface area contributed by atoms with E-state index in [4.69, 9.17) is 0 Å². The van der Waals surface area contributed by atoms with E-state index in [0.29, 0.717) is 5.75 Å². The van der Waals surface area contributed by atoms with Gasteiger partial charge in [-0.15, -0.1) is 11.8 Å². The molecule has 1 aliphatic rings. The zero-order chi connectivity index (χ0) is 17.3. The van der Waals surface area contributed by atoms with Crippen LogP contribution < -0.4 is 4.90 Å². The maximum Gasteiger partial charge on any atom is 0.312 e. The lowest BCUT2D eigenvalue weighted by molar-refractivity contribution is -0.138. The van der Waals surface area contributed by atoms with Gasteiger partial charge in [0.25, 0.3) is 0 Å². The number of rotatable bonds is 4. The summed E-state index contributed by atoms with van der Waals surface area (Å²) in [5, 5.41) is 9.39. The van der Waals surface area contributed by atoms with E-state index in [1.54, 1.807) is 11.0 Å². The fraction of sp³-hybridized carbons (Fsp3) is 0.263. The molecular weight excluding hydrogens is 322 g/mol. The van der Waals surface area contributed by atoms with Crippen LogP contribution in [0.1, 0.15) is 22.6 Å². The number of hydrogen-bond acceptors (Lipinski definition) is 3. The van der Waals surface area contributed by atoms with E-state index in [-0.39, 0.29) is 12.5 Å². The van der Waals surface area contributed by atoms with Crippen LogP contribution in [0, 0.1) is 13.8 Å². The highest BCUT2D eigenvalue weighted by molar-refractivity contribution is 8.00. The Morgan fingerprint density at radius 1 is 1.21 bits per heavy atom. The number of aliphatic carboxylic acids is 1. The van der Waals surface area contributed by atoms with Gasteiger partial charge in [-0.25, -0.2) is 0 Å². The molecule has 2 aromatic rings. The Kier molecular flexibility index (Phi) is 4.62. The highest BCUT2D eigenvalue weighted by atomic mass is 32.2. The van der Waals surface area contributed by atoms with E-state index < -0.39 is 11.9 Å². The third-order valence-electron chi connectivity index (χ3n) is 4.25. The van der Waals surface area contributed by atoms with Crippen LogP contribution in [0.5, 0.6) is 0 Å². The Bertz CT molecular complexity index is 803. The predicted octanol–water partition coefficient (Wildman–Crippen LogP) is 3.61. The van der Waals surface area contributed by atoms with E-state index in [2.05, 4.69) is 6.07 Å². The van der Waals surface area contributed by atoms with Gasteiger partial charge in [0.15, 0.2) is 0 Å². The fourth-order valence-electron chi connectivity index (χ4n) is 3.03. The number of para-hydroxylation sites is 1. The molecule has 0 bridgehead atoms. The number of amides is 1. The SMILES string of the molecule is Cc1ccc(SCC(=O)N2CC(C(=O)O)c3ccccc32)c(C)c1. The first-order valence-corrected chi connectivity index (χ1v) is 8.78. The van der Waals surface area contributed by atoms with Crippen LogP contribution in [0.25, 0.3) is 0 Å². The van der Waals surface area contributed by atoms with Crippen molar-refractivity contribution in [2.24, 2.45) is 0 Å². The highest BCUT2D eigenvalue weighted by Gasteiger charge is 2.36. The molecule has 5 heteroatoms. The standard InChI is InChI=1S/C19H19NO3S/c1-12-7-8-17(13(2)9-12)24-11-18(21)20-10-15(19(22)23)14-5-3-4-6-16(14)20/h3-9,15H,10-11H2,1-2H3,(H,22,23). The van der Waals surface area contributed by atoms with Crippen molar-refractivity contribution in [1.29, 1.82) is 0 Å². The summed E-state index contributed by atoms with van der Waals surface area (Å²) >= 11 is 1.50. The maximum absolute atomic E-state index is 12.6. The molecule has 24 heavy (non-hydrogen) atoms. The van der Waals surface area contributed by atoms with Crippen molar-refractivity contribution in [3.05, 3.63) is 59.2 Å². The van der Waals surface area contributed by atoms with Crippen LogP contribution in [0.2, 0.25) is 0 Å². The van der Waals surface area contributed by atoms with Crippen molar-refractivity contribution < 1.29 is 14.7 Å². The molecule has 0 fully saturated rings. The van der Waals surface area contributed by atoms with Crippen molar-refractivity contribution in [3.63, 3.8) is 0 Å². The van der Waals surface area contributed by atoms with Crippen molar-refractivity contribution in [2.75, 3.05) is 17.2 Å². The minimum absolute atomic E-state index is 0.0591. The first-order valence-electron chi connectivity index (χ1n) is 7.79. The van der Waals surface area contributed by atoms with Gasteiger partial charge in [-0.3, -0.25) is 9.59 Å². The van der Waals surface area contributed by atoms with Crippen LogP contribution in [-0.4, -0.2) is 29.3 Å². The lowest BCUT2D eigenvalue weighted by atomic mass is 10.0. The van der Waals surface area contributed by atoms with Gasteiger partial charge in [0.1, 0.15) is 5.92 Å². The summed E-state index contributed by atoms with van der Waals surface area (Å²) in [6, 6.07) is 13.4. The number of anilines is 1. The molecule has 0 saturated heterocycles. The molecule has 1 N–H and O–H groups in total. The molecule has 124 valence electrons. The Morgan fingerprint density at radius 2 is 1.96 bits per heavy atom. The van der Waals surface area contributed by atoms with Gasteiger partial charge in [-0.1, -0.05) is 35.9 Å². The molecule has 1 amide bonds. The first kappa shape index (κ1) is 16.6. The summed E-state index contributed by atoms with van der Waals surface area (Å²) in [6.45, 7) is 4.28. The lowest BCUT2D eigenvalue weighted by Crippen LogP contribution is -2.32. The van der Waals surface area contributed by atoms with E-state index in [9.17, 15) is 14.7 Å². The smallest absolute Gasteiger partial charge is 0.312 e. The second kappa shape index (κ2) is 6.69. The summed E-state index contributed by atoms with van der Waals surface area (Å²) in [4.78, 5) is 26.8. The molecule has 0 aliphatic carbocycles. The van der Waals surface area contributed by atoms with Crippen molar-refractivity contribution >= 4 is 29.3 Å². The van der Waals surface area contributed by atoms with Crippen LogP contribution in [0.4, 0.5) is 5.69 Å². The molecule has 0 radical (unpaired) electrons. The normalized spacial score (nSPS) is 16.1. The molecule has 2 aromatic carbocycles. The van der Waals surface area contributed by atoms with Crippen LogP contribution in [-0.2, 0) is 9.59 Å². The average molecular weight is 341 g/mol. The second-order valence-electron chi connectivity index (χ2n) is 6.01. The van der Waals surface area contributed by atoms with E-state index >= 15 is 0 Å².